The van der Waals surface area contributed by atoms with Crippen LogP contribution in [0.2, 0.25) is 0 Å². The first kappa shape index (κ1) is 26.6. The third-order valence-electron chi connectivity index (χ3n) is 5.63. The average Bonchev–Trinajstić information content (AvgIpc) is 3.22. The molecule has 1 aliphatic rings. The maximum absolute atomic E-state index is 12.3. The van der Waals surface area contributed by atoms with Crippen LogP contribution in [0.4, 0.5) is 5.69 Å². The van der Waals surface area contributed by atoms with Crippen molar-refractivity contribution in [2.45, 2.75) is 21.7 Å². The Hall–Kier alpha value is -2.97. The summed E-state index contributed by atoms with van der Waals surface area (Å²) >= 11 is -0.258. The molecule has 0 bridgehead atoms. The van der Waals surface area contributed by atoms with Crippen molar-refractivity contribution in [3.63, 3.8) is 0 Å². The van der Waals surface area contributed by atoms with Gasteiger partial charge in [0.25, 0.3) is 5.91 Å². The number of benzene rings is 4. The van der Waals surface area contributed by atoms with Gasteiger partial charge < -0.3 is 20.6 Å². The van der Waals surface area contributed by atoms with E-state index in [0.29, 0.717) is 17.8 Å². The number of amides is 1. The summed E-state index contributed by atoms with van der Waals surface area (Å²) in [6.07, 6.45) is -1.78. The number of nitrogens with zero attached hydrogens (tertiary/aromatic N) is 1. The molecule has 176 valence electrons. The summed E-state index contributed by atoms with van der Waals surface area (Å²) in [6.45, 7) is 0.493. The fourth-order valence-electron chi connectivity index (χ4n) is 3.85. The SMILES string of the molecule is O=C1c2ccccc2CN1c1cccc(C([O-])O)c1.[OH-].c1ccc([CH2][Sn+2][CH2]c2ccccc2)cc1. The quantitative estimate of drug-likeness (QED) is 0.278. The van der Waals surface area contributed by atoms with E-state index in [2.05, 4.69) is 60.7 Å². The van der Waals surface area contributed by atoms with Crippen LogP contribution in [0.5, 0.6) is 0 Å². The van der Waals surface area contributed by atoms with Gasteiger partial charge in [0.1, 0.15) is 0 Å². The molecule has 1 heterocycles. The topological polar surface area (TPSA) is 93.6 Å². The monoisotopic (exact) mass is 573 g/mol. The summed E-state index contributed by atoms with van der Waals surface area (Å²) in [7, 11) is 0. The van der Waals surface area contributed by atoms with Crippen molar-refractivity contribution in [3.8, 4) is 0 Å². The second kappa shape index (κ2) is 13.2. The van der Waals surface area contributed by atoms with Gasteiger partial charge in [0.15, 0.2) is 0 Å². The van der Waals surface area contributed by atoms with E-state index in [1.165, 1.54) is 20.0 Å². The van der Waals surface area contributed by atoms with E-state index in [1.54, 1.807) is 35.2 Å². The van der Waals surface area contributed by atoms with E-state index in [-0.39, 0.29) is 38.1 Å². The first-order valence-electron chi connectivity index (χ1n) is 11.2. The fraction of sp³-hybridized carbons (Fsp3) is 0.138. The number of aliphatic hydroxyl groups excluding tert-OH is 1. The number of aliphatic hydroxyl groups is 1. The summed E-state index contributed by atoms with van der Waals surface area (Å²) < 4.78 is 2.69. The molecule has 0 aliphatic carbocycles. The maximum atomic E-state index is 12.3. The molecular formula is C29H27NO4Sn. The van der Waals surface area contributed by atoms with E-state index in [1.807, 2.05) is 18.2 Å². The molecule has 35 heavy (non-hydrogen) atoms. The average molecular weight is 572 g/mol. The normalized spacial score (nSPS) is 12.5. The number of hydrogen-bond acceptors (Lipinski definition) is 4. The summed E-state index contributed by atoms with van der Waals surface area (Å²) in [6, 6.07) is 35.7. The number of carbonyl (C=O) groups is 1. The summed E-state index contributed by atoms with van der Waals surface area (Å²) in [5, 5.41) is 20.1. The Kier molecular flexibility index (Phi) is 10.0. The van der Waals surface area contributed by atoms with Crippen LogP contribution in [-0.2, 0) is 15.4 Å². The fourth-order valence-corrected chi connectivity index (χ4v) is 7.20. The molecule has 1 amide bonds. The molecule has 0 spiro atoms. The number of hydrogen-bond donors (Lipinski definition) is 1. The Morgan fingerprint density at radius 2 is 1.37 bits per heavy atom. The molecule has 0 aromatic heterocycles. The van der Waals surface area contributed by atoms with E-state index in [0.717, 1.165) is 5.56 Å². The molecule has 5 nitrogen and oxygen atoms in total. The van der Waals surface area contributed by atoms with Gasteiger partial charge in [0, 0.05) is 17.5 Å². The Morgan fingerprint density at radius 3 is 1.94 bits per heavy atom. The standard InChI is InChI=1S/C15H12NO3.2C7H7.H2O.Sn/c17-14-13-7-2-1-4-11(13)9-16(14)12-6-3-5-10(8-12)15(18)19;2*1-7-5-3-2-4-6-7;;/h1-8,15,18H,9H2;2*2-6H,1H2;1H2;/q-1;;;;+2/p-1. The molecule has 0 radical (unpaired) electrons. The molecule has 1 atom stereocenters. The number of rotatable bonds is 6. The minimum absolute atomic E-state index is 0. The van der Waals surface area contributed by atoms with Gasteiger partial charge in [-0.1, -0.05) is 30.3 Å². The van der Waals surface area contributed by atoms with Crippen molar-refractivity contribution in [3.05, 3.63) is 137 Å². The Labute approximate surface area is 216 Å². The zero-order chi connectivity index (χ0) is 23.8. The minimum atomic E-state index is -1.78. The van der Waals surface area contributed by atoms with E-state index >= 15 is 0 Å². The van der Waals surface area contributed by atoms with Crippen LogP contribution in [-0.4, -0.2) is 37.6 Å². The molecule has 0 saturated carbocycles. The molecule has 6 heteroatoms. The van der Waals surface area contributed by atoms with Crippen molar-refractivity contribution in [2.24, 2.45) is 0 Å². The Morgan fingerprint density at radius 1 is 0.800 bits per heavy atom. The number of fused-ring (bicyclic) bond motifs is 1. The molecule has 0 fully saturated rings. The summed E-state index contributed by atoms with van der Waals surface area (Å²) in [5.74, 6) is -0.0758. The van der Waals surface area contributed by atoms with Crippen molar-refractivity contribution >= 4 is 32.7 Å². The first-order chi connectivity index (χ1) is 16.6. The predicted molar refractivity (Wildman–Crippen MR) is 136 cm³/mol. The van der Waals surface area contributed by atoms with Crippen molar-refractivity contribution < 1.29 is 20.5 Å². The molecule has 5 rings (SSSR count). The third-order valence-corrected chi connectivity index (χ3v) is 9.39. The summed E-state index contributed by atoms with van der Waals surface area (Å²) in [5.41, 5.74) is 5.59. The molecular weight excluding hydrogens is 545 g/mol. The molecule has 2 N–H and O–H groups in total. The molecule has 4 aromatic rings. The predicted octanol–water partition coefficient (Wildman–Crippen LogP) is 4.11. The second-order valence-electron chi connectivity index (χ2n) is 8.07. The number of anilines is 1. The van der Waals surface area contributed by atoms with Gasteiger partial charge in [-0.15, -0.1) is 0 Å². The Balaban J connectivity index is 0.000000195. The van der Waals surface area contributed by atoms with Crippen LogP contribution in [0.25, 0.3) is 0 Å². The van der Waals surface area contributed by atoms with Gasteiger partial charge in [0.2, 0.25) is 0 Å². The summed E-state index contributed by atoms with van der Waals surface area (Å²) in [4.78, 5) is 13.9. The van der Waals surface area contributed by atoms with Crippen molar-refractivity contribution in [2.75, 3.05) is 4.90 Å². The zero-order valence-electron chi connectivity index (χ0n) is 19.2. The van der Waals surface area contributed by atoms with Crippen LogP contribution in [0.15, 0.2) is 109 Å². The second-order valence-corrected chi connectivity index (χ2v) is 11.5. The Bertz CT molecular complexity index is 1180. The zero-order valence-corrected chi connectivity index (χ0v) is 22.1. The van der Waals surface area contributed by atoms with Crippen molar-refractivity contribution in [1.82, 2.24) is 0 Å². The molecule has 1 unspecified atom stereocenters. The van der Waals surface area contributed by atoms with E-state index < -0.39 is 6.29 Å². The molecule has 4 aromatic carbocycles. The van der Waals surface area contributed by atoms with Gasteiger partial charge >= 0.3 is 102 Å². The van der Waals surface area contributed by atoms with Gasteiger partial charge in [-0.25, -0.2) is 0 Å². The van der Waals surface area contributed by atoms with Crippen LogP contribution in [0, 0.1) is 0 Å². The van der Waals surface area contributed by atoms with E-state index in [4.69, 9.17) is 5.11 Å². The van der Waals surface area contributed by atoms with Gasteiger partial charge in [-0.05, 0) is 29.3 Å². The number of carbonyl (C=O) groups excluding carboxylic acids is 1. The molecule has 0 saturated heterocycles. The third kappa shape index (κ3) is 7.26. The van der Waals surface area contributed by atoms with Gasteiger partial charge in [0.05, 0.1) is 6.54 Å². The van der Waals surface area contributed by atoms with E-state index in [9.17, 15) is 9.90 Å². The van der Waals surface area contributed by atoms with Crippen molar-refractivity contribution in [1.29, 1.82) is 0 Å². The molecule has 1 aliphatic heterocycles. The first-order valence-corrected chi connectivity index (χ1v) is 15.3. The van der Waals surface area contributed by atoms with Gasteiger partial charge in [-0.3, -0.25) is 4.79 Å². The van der Waals surface area contributed by atoms with Crippen LogP contribution < -0.4 is 10.0 Å². The van der Waals surface area contributed by atoms with Crippen LogP contribution >= 0.6 is 0 Å². The van der Waals surface area contributed by atoms with Crippen LogP contribution in [0.1, 0.15) is 38.9 Å². The van der Waals surface area contributed by atoms with Crippen LogP contribution in [0.3, 0.4) is 0 Å². The van der Waals surface area contributed by atoms with Gasteiger partial charge in [-0.2, -0.15) is 0 Å².